The van der Waals surface area contributed by atoms with E-state index in [2.05, 4.69) is 23.8 Å². The molecule has 0 radical (unpaired) electrons. The smallest absolute Gasteiger partial charge is 0.425 e. The van der Waals surface area contributed by atoms with Crippen molar-refractivity contribution in [3.05, 3.63) is 66.5 Å². The van der Waals surface area contributed by atoms with E-state index in [4.69, 9.17) is 9.47 Å². The second-order valence-corrected chi connectivity index (χ2v) is 12.1. The third-order valence-corrected chi connectivity index (χ3v) is 8.07. The van der Waals surface area contributed by atoms with Gasteiger partial charge < -0.3 is 9.47 Å². The van der Waals surface area contributed by atoms with Gasteiger partial charge in [0.25, 0.3) is 0 Å². The van der Waals surface area contributed by atoms with Gasteiger partial charge >= 0.3 is 12.1 Å². The largest absolute Gasteiger partial charge is 0.494 e. The number of ether oxygens (including phenoxy) is 2. The molecule has 1 atom stereocenters. The molecule has 6 nitrogen and oxygen atoms in total. The van der Waals surface area contributed by atoms with E-state index in [9.17, 15) is 22.8 Å². The zero-order chi connectivity index (χ0) is 33.9. The highest BCUT2D eigenvalue weighted by Gasteiger charge is 2.44. The first-order valence-corrected chi connectivity index (χ1v) is 17.2. The Kier molecular flexibility index (Phi) is 16.4. The van der Waals surface area contributed by atoms with Gasteiger partial charge in [0.15, 0.2) is 5.82 Å². The Morgan fingerprint density at radius 1 is 0.681 bits per heavy atom. The van der Waals surface area contributed by atoms with Crippen LogP contribution < -0.4 is 4.74 Å². The van der Waals surface area contributed by atoms with Crippen molar-refractivity contribution >= 4 is 11.8 Å². The Morgan fingerprint density at radius 2 is 1.21 bits per heavy atom. The number of hydrogen-bond donors (Lipinski definition) is 0. The van der Waals surface area contributed by atoms with Crippen LogP contribution in [-0.4, -0.2) is 40.6 Å². The number of Topliss-reactive ketones (excluding diaryl/α,β-unsaturated/α-hetero) is 1. The van der Waals surface area contributed by atoms with Crippen LogP contribution in [-0.2, 0) is 9.53 Å². The summed E-state index contributed by atoms with van der Waals surface area (Å²) < 4.78 is 51.5. The molecule has 9 heteroatoms. The molecule has 3 rings (SSSR count). The number of halogens is 3. The second kappa shape index (κ2) is 20.5. The van der Waals surface area contributed by atoms with Crippen molar-refractivity contribution < 1.29 is 32.2 Å². The fourth-order valence-electron chi connectivity index (χ4n) is 5.21. The number of benzene rings is 2. The highest BCUT2D eigenvalue weighted by molar-refractivity contribution is 5.90. The van der Waals surface area contributed by atoms with E-state index < -0.39 is 30.5 Å². The van der Waals surface area contributed by atoms with Gasteiger partial charge in [0.05, 0.1) is 18.6 Å². The summed E-state index contributed by atoms with van der Waals surface area (Å²) in [6.45, 7) is 5.03. The van der Waals surface area contributed by atoms with Crippen LogP contribution in [0.2, 0.25) is 0 Å². The van der Waals surface area contributed by atoms with E-state index in [1.54, 1.807) is 24.5 Å². The SMILES string of the molecule is CCCCCCCCCC(=O)CC(OC(=O)c1ccc(-c2ncc(-c3ccc(OCCCCCCCC)cc3)cn2)cc1)C(F)(F)F. The van der Waals surface area contributed by atoms with Crippen molar-refractivity contribution in [2.45, 2.75) is 122 Å². The van der Waals surface area contributed by atoms with Crippen LogP contribution in [0, 0.1) is 0 Å². The number of rotatable bonds is 22. The third kappa shape index (κ3) is 13.9. The van der Waals surface area contributed by atoms with Gasteiger partial charge in [0.2, 0.25) is 6.10 Å². The fourth-order valence-corrected chi connectivity index (χ4v) is 5.21. The lowest BCUT2D eigenvalue weighted by atomic mass is 10.0. The summed E-state index contributed by atoms with van der Waals surface area (Å²) in [5, 5.41) is 0. The zero-order valence-electron chi connectivity index (χ0n) is 27.8. The van der Waals surface area contributed by atoms with Gasteiger partial charge in [-0.25, -0.2) is 14.8 Å². The topological polar surface area (TPSA) is 78.4 Å². The number of carbonyl (C=O) groups is 2. The number of carbonyl (C=O) groups excluding carboxylic acids is 2. The Hall–Kier alpha value is -3.75. The van der Waals surface area contributed by atoms with Gasteiger partial charge in [-0.15, -0.1) is 0 Å². The first kappa shape index (κ1) is 37.7. The van der Waals surface area contributed by atoms with Crippen molar-refractivity contribution in [1.29, 1.82) is 0 Å². The predicted octanol–water partition coefficient (Wildman–Crippen LogP) is 10.7. The summed E-state index contributed by atoms with van der Waals surface area (Å²) in [5.41, 5.74) is 2.28. The molecule has 0 bridgehead atoms. The number of esters is 1. The summed E-state index contributed by atoms with van der Waals surface area (Å²) in [7, 11) is 0. The molecular weight excluding hydrogens is 605 g/mol. The molecule has 0 aliphatic rings. The Morgan fingerprint density at radius 3 is 1.79 bits per heavy atom. The van der Waals surface area contributed by atoms with Crippen LogP contribution in [0.25, 0.3) is 22.5 Å². The molecule has 0 amide bonds. The summed E-state index contributed by atoms with van der Waals surface area (Å²) in [5.74, 6) is -0.484. The van der Waals surface area contributed by atoms with Gasteiger partial charge in [0, 0.05) is 29.9 Å². The van der Waals surface area contributed by atoms with Crippen molar-refractivity contribution in [2.24, 2.45) is 0 Å². The van der Waals surface area contributed by atoms with Crippen LogP contribution in [0.4, 0.5) is 13.2 Å². The molecule has 47 heavy (non-hydrogen) atoms. The molecule has 1 aromatic heterocycles. The van der Waals surface area contributed by atoms with E-state index in [0.29, 0.717) is 24.4 Å². The van der Waals surface area contributed by atoms with Crippen molar-refractivity contribution in [2.75, 3.05) is 6.61 Å². The zero-order valence-corrected chi connectivity index (χ0v) is 27.8. The standard InChI is InChI=1S/C38H49F3N2O4/c1-3-5-7-9-11-12-14-16-33(44)26-35(38(39,40)41)47-37(45)31-19-17-30(18-20-31)36-42-27-32(28-43-36)29-21-23-34(24-22-29)46-25-15-13-10-8-6-4-2/h17-24,27-28,35H,3-16,25-26H2,1-2H3. The van der Waals surface area contributed by atoms with Gasteiger partial charge in [-0.3, -0.25) is 4.79 Å². The van der Waals surface area contributed by atoms with Crippen molar-refractivity contribution in [1.82, 2.24) is 9.97 Å². The Bertz CT molecular complexity index is 1330. The molecule has 3 aromatic rings. The second-order valence-electron chi connectivity index (χ2n) is 12.1. The maximum atomic E-state index is 13.6. The third-order valence-electron chi connectivity index (χ3n) is 8.07. The monoisotopic (exact) mass is 654 g/mol. The van der Waals surface area contributed by atoms with Crippen LogP contribution in [0.3, 0.4) is 0 Å². The highest BCUT2D eigenvalue weighted by Crippen LogP contribution is 2.28. The van der Waals surface area contributed by atoms with Crippen LogP contribution in [0.5, 0.6) is 5.75 Å². The average Bonchev–Trinajstić information content (AvgIpc) is 3.07. The molecule has 0 aliphatic carbocycles. The lowest BCUT2D eigenvalue weighted by molar-refractivity contribution is -0.206. The first-order valence-electron chi connectivity index (χ1n) is 17.2. The molecule has 0 aliphatic heterocycles. The maximum Gasteiger partial charge on any atom is 0.425 e. The van der Waals surface area contributed by atoms with Crippen LogP contribution >= 0.6 is 0 Å². The molecule has 1 unspecified atom stereocenters. The summed E-state index contributed by atoms with van der Waals surface area (Å²) in [4.78, 5) is 33.7. The number of aromatic nitrogens is 2. The minimum atomic E-state index is -4.85. The number of unbranched alkanes of at least 4 members (excludes halogenated alkanes) is 11. The minimum absolute atomic E-state index is 0.0461. The van der Waals surface area contributed by atoms with E-state index in [1.165, 1.54) is 44.2 Å². The summed E-state index contributed by atoms with van der Waals surface area (Å²) in [6, 6.07) is 13.6. The van der Waals surface area contributed by atoms with Crippen LogP contribution in [0.15, 0.2) is 60.9 Å². The predicted molar refractivity (Wildman–Crippen MR) is 179 cm³/mol. The number of alkyl halides is 3. The maximum absolute atomic E-state index is 13.6. The summed E-state index contributed by atoms with van der Waals surface area (Å²) in [6.07, 6.45) is 9.26. The van der Waals surface area contributed by atoms with Crippen LogP contribution in [0.1, 0.15) is 121 Å². The number of hydrogen-bond acceptors (Lipinski definition) is 6. The van der Waals surface area contributed by atoms with Gasteiger partial charge in [-0.05, 0) is 42.7 Å². The molecule has 0 fully saturated rings. The molecule has 0 saturated carbocycles. The molecular formula is C38H49F3N2O4. The lowest BCUT2D eigenvalue weighted by Crippen LogP contribution is -2.35. The average molecular weight is 655 g/mol. The van der Waals surface area contributed by atoms with Gasteiger partial charge in [-0.2, -0.15) is 13.2 Å². The molecule has 0 spiro atoms. The molecule has 1 heterocycles. The molecule has 0 N–H and O–H groups in total. The van der Waals surface area contributed by atoms with Crippen molar-refractivity contribution in [3.63, 3.8) is 0 Å². The summed E-state index contributed by atoms with van der Waals surface area (Å²) >= 11 is 0. The van der Waals surface area contributed by atoms with Gasteiger partial charge in [0.1, 0.15) is 11.5 Å². The van der Waals surface area contributed by atoms with E-state index >= 15 is 0 Å². The molecule has 256 valence electrons. The fraction of sp³-hybridized carbons (Fsp3) is 0.526. The molecule has 0 saturated heterocycles. The Balaban J connectivity index is 1.49. The normalized spacial score (nSPS) is 12.1. The number of nitrogens with zero attached hydrogens (tertiary/aromatic N) is 2. The Labute approximate surface area is 277 Å². The first-order chi connectivity index (χ1) is 22.7. The lowest BCUT2D eigenvalue weighted by Gasteiger charge is -2.20. The van der Waals surface area contributed by atoms with E-state index in [0.717, 1.165) is 61.8 Å². The quantitative estimate of drug-likeness (QED) is 0.0792. The molecule has 2 aromatic carbocycles. The minimum Gasteiger partial charge on any atom is -0.494 e. The van der Waals surface area contributed by atoms with E-state index in [1.807, 2.05) is 24.3 Å². The highest BCUT2D eigenvalue weighted by atomic mass is 19.4. The van der Waals surface area contributed by atoms with Crippen molar-refractivity contribution in [3.8, 4) is 28.3 Å². The van der Waals surface area contributed by atoms with Gasteiger partial charge in [-0.1, -0.05) is 109 Å². The number of ketones is 1. The van der Waals surface area contributed by atoms with E-state index in [-0.39, 0.29) is 12.0 Å².